The minimum absolute atomic E-state index is 0.178. The fourth-order valence-corrected chi connectivity index (χ4v) is 4.41. The SMILES string of the molecule is CC(C)OC(=O)Nc1ccc(-c2c(N)c3ccc(OCCc4ncn[nH]4)cc3n2C2CCC2)cc1. The van der Waals surface area contributed by atoms with E-state index in [1.165, 1.54) is 12.7 Å². The monoisotopic (exact) mass is 474 g/mol. The number of fused-ring (bicyclic) bond motifs is 1. The highest BCUT2D eigenvalue weighted by Gasteiger charge is 2.27. The van der Waals surface area contributed by atoms with Crippen molar-refractivity contribution in [3.63, 3.8) is 0 Å². The van der Waals surface area contributed by atoms with E-state index >= 15 is 0 Å². The molecule has 0 saturated heterocycles. The molecule has 9 heteroatoms. The predicted octanol–water partition coefficient (Wildman–Crippen LogP) is 5.31. The number of aromatic amines is 1. The fourth-order valence-electron chi connectivity index (χ4n) is 4.41. The summed E-state index contributed by atoms with van der Waals surface area (Å²) in [6, 6.07) is 14.2. The highest BCUT2D eigenvalue weighted by molar-refractivity contribution is 6.01. The van der Waals surface area contributed by atoms with Gasteiger partial charge in [0.2, 0.25) is 0 Å². The van der Waals surface area contributed by atoms with Crippen molar-refractivity contribution in [3.05, 3.63) is 54.6 Å². The van der Waals surface area contributed by atoms with Gasteiger partial charge in [-0.1, -0.05) is 12.1 Å². The van der Waals surface area contributed by atoms with Gasteiger partial charge in [-0.3, -0.25) is 10.4 Å². The maximum atomic E-state index is 11.9. The van der Waals surface area contributed by atoms with Crippen LogP contribution in [-0.4, -0.2) is 38.6 Å². The molecule has 0 aliphatic heterocycles. The summed E-state index contributed by atoms with van der Waals surface area (Å²) in [4.78, 5) is 16.1. The van der Waals surface area contributed by atoms with E-state index in [-0.39, 0.29) is 6.10 Å². The number of benzene rings is 2. The van der Waals surface area contributed by atoms with Gasteiger partial charge in [0.25, 0.3) is 0 Å². The average Bonchev–Trinajstić information content (AvgIpc) is 3.40. The number of nitrogen functional groups attached to an aromatic ring is 1. The zero-order valence-electron chi connectivity index (χ0n) is 20.0. The summed E-state index contributed by atoms with van der Waals surface area (Å²) in [5.41, 5.74) is 11.2. The number of H-pyrrole nitrogens is 1. The molecule has 2 aromatic heterocycles. The van der Waals surface area contributed by atoms with Crippen LogP contribution in [-0.2, 0) is 11.2 Å². The van der Waals surface area contributed by atoms with Crippen LogP contribution >= 0.6 is 0 Å². The van der Waals surface area contributed by atoms with Crippen LogP contribution in [0.3, 0.4) is 0 Å². The zero-order chi connectivity index (χ0) is 24.4. The summed E-state index contributed by atoms with van der Waals surface area (Å²) in [7, 11) is 0. The number of ether oxygens (including phenoxy) is 2. The number of aromatic nitrogens is 4. The van der Waals surface area contributed by atoms with Gasteiger partial charge < -0.3 is 19.8 Å². The summed E-state index contributed by atoms with van der Waals surface area (Å²) >= 11 is 0. The van der Waals surface area contributed by atoms with Crippen LogP contribution in [0.4, 0.5) is 16.2 Å². The number of hydrogen-bond acceptors (Lipinski definition) is 6. The van der Waals surface area contributed by atoms with Gasteiger partial charge in [-0.2, -0.15) is 5.10 Å². The standard InChI is InChI=1S/C26H30N6O3/c1-16(2)35-26(33)30-18-8-6-17(7-9-18)25-24(27)21-11-10-20(34-13-12-23-28-15-29-31-23)14-22(21)32(25)19-4-3-5-19/h6-11,14-16,19H,3-5,12-13,27H2,1-2H3,(H,30,33)(H,28,29,31). The van der Waals surface area contributed by atoms with Gasteiger partial charge in [-0.15, -0.1) is 0 Å². The van der Waals surface area contributed by atoms with E-state index < -0.39 is 6.09 Å². The Morgan fingerprint density at radius 1 is 1.23 bits per heavy atom. The van der Waals surface area contributed by atoms with Crippen LogP contribution in [0, 0.1) is 0 Å². The summed E-state index contributed by atoms with van der Waals surface area (Å²) in [5.74, 6) is 1.59. The summed E-state index contributed by atoms with van der Waals surface area (Å²) in [5, 5.41) is 10.5. The van der Waals surface area contributed by atoms with Crippen LogP contribution in [0.15, 0.2) is 48.8 Å². The first-order valence-corrected chi connectivity index (χ1v) is 12.0. The molecule has 1 amide bonds. The molecule has 0 atom stereocenters. The van der Waals surface area contributed by atoms with Crippen LogP contribution in [0.25, 0.3) is 22.2 Å². The Balaban J connectivity index is 1.43. The smallest absolute Gasteiger partial charge is 0.411 e. The van der Waals surface area contributed by atoms with Gasteiger partial charge in [-0.05, 0) is 57.4 Å². The van der Waals surface area contributed by atoms with Crippen LogP contribution in [0.5, 0.6) is 5.75 Å². The largest absolute Gasteiger partial charge is 0.493 e. The summed E-state index contributed by atoms with van der Waals surface area (Å²) in [6.07, 6.45) is 4.95. The first-order valence-electron chi connectivity index (χ1n) is 12.0. The van der Waals surface area contributed by atoms with Crippen LogP contribution in [0.2, 0.25) is 0 Å². The van der Waals surface area contributed by atoms with Gasteiger partial charge in [0.05, 0.1) is 29.6 Å². The molecule has 4 N–H and O–H groups in total. The molecule has 0 spiro atoms. The molecule has 0 bridgehead atoms. The third-order valence-electron chi connectivity index (χ3n) is 6.27. The molecule has 1 aliphatic rings. The van der Waals surface area contributed by atoms with E-state index in [0.29, 0.717) is 24.8 Å². The van der Waals surface area contributed by atoms with E-state index in [4.69, 9.17) is 15.2 Å². The molecule has 182 valence electrons. The van der Waals surface area contributed by atoms with E-state index in [2.05, 4.69) is 31.1 Å². The van der Waals surface area contributed by atoms with E-state index in [1.54, 1.807) is 0 Å². The maximum absolute atomic E-state index is 11.9. The molecular weight excluding hydrogens is 444 g/mol. The fraction of sp³-hybridized carbons (Fsp3) is 0.346. The molecular formula is C26H30N6O3. The number of carbonyl (C=O) groups excluding carboxylic acids is 1. The molecule has 0 unspecified atom stereocenters. The topological polar surface area (TPSA) is 120 Å². The van der Waals surface area contributed by atoms with Gasteiger partial charge in [0.15, 0.2) is 0 Å². The van der Waals surface area contributed by atoms with E-state index in [9.17, 15) is 4.79 Å². The molecule has 2 heterocycles. The predicted molar refractivity (Wildman–Crippen MR) is 135 cm³/mol. The van der Waals surface area contributed by atoms with Crippen molar-refractivity contribution in [2.24, 2.45) is 0 Å². The Bertz CT molecular complexity index is 1310. The lowest BCUT2D eigenvalue weighted by atomic mass is 9.92. The lowest BCUT2D eigenvalue weighted by molar-refractivity contribution is 0.130. The van der Waals surface area contributed by atoms with Gasteiger partial charge in [0.1, 0.15) is 17.9 Å². The number of amides is 1. The quantitative estimate of drug-likeness (QED) is 0.318. The Kier molecular flexibility index (Phi) is 6.31. The zero-order valence-corrected chi connectivity index (χ0v) is 20.0. The molecule has 4 aromatic rings. The number of hydrogen-bond donors (Lipinski definition) is 3. The van der Waals surface area contributed by atoms with Crippen molar-refractivity contribution in [3.8, 4) is 17.0 Å². The normalized spacial score (nSPS) is 13.7. The first-order chi connectivity index (χ1) is 17.0. The number of rotatable bonds is 8. The molecule has 2 aromatic carbocycles. The number of nitrogens with zero attached hydrogens (tertiary/aromatic N) is 3. The first kappa shape index (κ1) is 22.8. The van der Waals surface area contributed by atoms with Gasteiger partial charge in [-0.25, -0.2) is 9.78 Å². The second kappa shape index (κ2) is 9.69. The highest BCUT2D eigenvalue weighted by Crippen LogP contribution is 2.44. The third-order valence-corrected chi connectivity index (χ3v) is 6.27. The lowest BCUT2D eigenvalue weighted by Crippen LogP contribution is -2.18. The molecule has 1 aliphatic carbocycles. The minimum Gasteiger partial charge on any atom is -0.493 e. The summed E-state index contributed by atoms with van der Waals surface area (Å²) in [6.45, 7) is 4.14. The van der Waals surface area contributed by atoms with Crippen molar-refractivity contribution in [1.29, 1.82) is 0 Å². The molecule has 1 fully saturated rings. The van der Waals surface area contributed by atoms with Gasteiger partial charge >= 0.3 is 6.09 Å². The van der Waals surface area contributed by atoms with Crippen molar-refractivity contribution in [2.45, 2.75) is 51.7 Å². The number of nitrogens with two attached hydrogens (primary N) is 1. The van der Waals surface area contributed by atoms with E-state index in [0.717, 1.165) is 52.3 Å². The van der Waals surface area contributed by atoms with Crippen molar-refractivity contribution in [2.75, 3.05) is 17.7 Å². The second-order valence-corrected chi connectivity index (χ2v) is 9.08. The molecule has 9 nitrogen and oxygen atoms in total. The molecule has 1 saturated carbocycles. The lowest BCUT2D eigenvalue weighted by Gasteiger charge is -2.30. The third kappa shape index (κ3) is 4.80. The number of nitrogens with one attached hydrogen (secondary N) is 2. The minimum atomic E-state index is -0.466. The Hall–Kier alpha value is -4.01. The Morgan fingerprint density at radius 3 is 2.69 bits per heavy atom. The molecule has 5 rings (SSSR count). The van der Waals surface area contributed by atoms with Crippen molar-refractivity contribution >= 4 is 28.4 Å². The maximum Gasteiger partial charge on any atom is 0.411 e. The van der Waals surface area contributed by atoms with Crippen molar-refractivity contribution < 1.29 is 14.3 Å². The second-order valence-electron chi connectivity index (χ2n) is 9.08. The van der Waals surface area contributed by atoms with Gasteiger partial charge in [0, 0.05) is 35.2 Å². The Labute approximate surface area is 203 Å². The van der Waals surface area contributed by atoms with Crippen LogP contribution < -0.4 is 15.8 Å². The number of carbonyl (C=O) groups is 1. The highest BCUT2D eigenvalue weighted by atomic mass is 16.6. The molecule has 0 radical (unpaired) electrons. The summed E-state index contributed by atoms with van der Waals surface area (Å²) < 4.78 is 13.5. The Morgan fingerprint density at radius 2 is 2.03 bits per heavy atom. The van der Waals surface area contributed by atoms with Crippen LogP contribution in [0.1, 0.15) is 45.0 Å². The van der Waals surface area contributed by atoms with Crippen molar-refractivity contribution in [1.82, 2.24) is 19.7 Å². The van der Waals surface area contributed by atoms with E-state index in [1.807, 2.05) is 50.2 Å². The molecule has 35 heavy (non-hydrogen) atoms. The number of anilines is 2. The average molecular weight is 475 g/mol.